The standard InChI is InChI=1S/C19H21FN6O2/c1-12-5-7-26(8-6-12)18-23-9-14(10-24-18)15-4-2-3-13(16(15)20)11-28-19(27)25-17(21)22/h2-4,9-10H,1,5-8,11H2,(H4,21,22,25,27). The highest BCUT2D eigenvalue weighted by molar-refractivity contribution is 5.87. The molecule has 1 aromatic carbocycles. The Kier molecular flexibility index (Phi) is 5.83. The van der Waals surface area contributed by atoms with Crippen molar-refractivity contribution in [3.8, 4) is 11.1 Å². The molecular formula is C19H21FN6O2. The highest BCUT2D eigenvalue weighted by atomic mass is 19.1. The van der Waals surface area contributed by atoms with Crippen LogP contribution in [0.5, 0.6) is 0 Å². The molecule has 1 aliphatic rings. The number of amides is 1. The van der Waals surface area contributed by atoms with Crippen LogP contribution in [-0.2, 0) is 11.3 Å². The lowest BCUT2D eigenvalue weighted by molar-refractivity contribution is 0.149. The topological polar surface area (TPSA) is 120 Å². The van der Waals surface area contributed by atoms with Gasteiger partial charge in [-0.15, -0.1) is 4.99 Å². The predicted molar refractivity (Wildman–Crippen MR) is 104 cm³/mol. The van der Waals surface area contributed by atoms with E-state index in [2.05, 4.69) is 26.4 Å². The number of guanidine groups is 1. The van der Waals surface area contributed by atoms with Crippen LogP contribution in [0.25, 0.3) is 11.1 Å². The highest BCUT2D eigenvalue weighted by Crippen LogP contribution is 2.26. The summed E-state index contributed by atoms with van der Waals surface area (Å²) in [5, 5.41) is 0. The van der Waals surface area contributed by atoms with Crippen molar-refractivity contribution in [2.45, 2.75) is 19.4 Å². The average molecular weight is 384 g/mol. The molecular weight excluding hydrogens is 363 g/mol. The van der Waals surface area contributed by atoms with Crippen molar-refractivity contribution in [2.75, 3.05) is 18.0 Å². The molecule has 28 heavy (non-hydrogen) atoms. The lowest BCUT2D eigenvalue weighted by Gasteiger charge is -2.27. The van der Waals surface area contributed by atoms with E-state index in [9.17, 15) is 9.18 Å². The molecule has 146 valence electrons. The van der Waals surface area contributed by atoms with Gasteiger partial charge in [0, 0.05) is 42.2 Å². The Morgan fingerprint density at radius 3 is 2.57 bits per heavy atom. The number of ether oxygens (including phenoxy) is 1. The number of hydrogen-bond acceptors (Lipinski definition) is 5. The van der Waals surface area contributed by atoms with Crippen molar-refractivity contribution in [3.63, 3.8) is 0 Å². The van der Waals surface area contributed by atoms with Crippen LogP contribution in [0.15, 0.2) is 47.7 Å². The number of piperidine rings is 1. The largest absolute Gasteiger partial charge is 0.443 e. The Morgan fingerprint density at radius 2 is 1.93 bits per heavy atom. The van der Waals surface area contributed by atoms with E-state index in [0.717, 1.165) is 25.9 Å². The summed E-state index contributed by atoms with van der Waals surface area (Å²) < 4.78 is 19.7. The first-order chi connectivity index (χ1) is 13.4. The molecule has 1 fully saturated rings. The molecule has 9 heteroatoms. The van der Waals surface area contributed by atoms with Crippen LogP contribution in [-0.4, -0.2) is 35.1 Å². The zero-order valence-electron chi connectivity index (χ0n) is 15.3. The number of rotatable bonds is 4. The van der Waals surface area contributed by atoms with Crippen molar-refractivity contribution in [1.29, 1.82) is 0 Å². The van der Waals surface area contributed by atoms with Crippen molar-refractivity contribution in [1.82, 2.24) is 9.97 Å². The third-order valence-electron chi connectivity index (χ3n) is 4.35. The minimum Gasteiger partial charge on any atom is -0.443 e. The summed E-state index contributed by atoms with van der Waals surface area (Å²) in [4.78, 5) is 25.4. The van der Waals surface area contributed by atoms with Gasteiger partial charge in [0.25, 0.3) is 0 Å². The van der Waals surface area contributed by atoms with Gasteiger partial charge >= 0.3 is 6.09 Å². The van der Waals surface area contributed by atoms with E-state index in [4.69, 9.17) is 16.2 Å². The number of hydrogen-bond donors (Lipinski definition) is 2. The van der Waals surface area contributed by atoms with Gasteiger partial charge in [0.05, 0.1) is 0 Å². The van der Waals surface area contributed by atoms with Gasteiger partial charge in [-0.25, -0.2) is 19.2 Å². The molecule has 4 N–H and O–H groups in total. The van der Waals surface area contributed by atoms with Gasteiger partial charge in [-0.05, 0) is 12.8 Å². The second-order valence-electron chi connectivity index (χ2n) is 6.38. The first kappa shape index (κ1) is 19.3. The second-order valence-corrected chi connectivity index (χ2v) is 6.38. The van der Waals surface area contributed by atoms with Crippen molar-refractivity contribution in [3.05, 3.63) is 54.1 Å². The zero-order chi connectivity index (χ0) is 20.1. The first-order valence-electron chi connectivity index (χ1n) is 8.72. The van der Waals surface area contributed by atoms with Crippen LogP contribution in [0.3, 0.4) is 0 Å². The molecule has 8 nitrogen and oxygen atoms in total. The molecule has 0 saturated carbocycles. The van der Waals surface area contributed by atoms with Crippen molar-refractivity contribution in [2.24, 2.45) is 16.5 Å². The second kappa shape index (κ2) is 8.47. The lowest BCUT2D eigenvalue weighted by Crippen LogP contribution is -2.31. The summed E-state index contributed by atoms with van der Waals surface area (Å²) in [5.41, 5.74) is 12.5. The van der Waals surface area contributed by atoms with E-state index >= 15 is 0 Å². The Morgan fingerprint density at radius 1 is 1.25 bits per heavy atom. The lowest BCUT2D eigenvalue weighted by atomic mass is 10.0. The molecule has 2 aromatic rings. The van der Waals surface area contributed by atoms with Gasteiger partial charge < -0.3 is 21.1 Å². The summed E-state index contributed by atoms with van der Waals surface area (Å²) in [6.45, 7) is 5.34. The van der Waals surface area contributed by atoms with Gasteiger partial charge in [0.15, 0.2) is 5.96 Å². The van der Waals surface area contributed by atoms with E-state index in [1.165, 1.54) is 11.6 Å². The van der Waals surface area contributed by atoms with Crippen LogP contribution in [0.1, 0.15) is 18.4 Å². The fourth-order valence-electron chi connectivity index (χ4n) is 2.84. The molecule has 0 unspecified atom stereocenters. The summed E-state index contributed by atoms with van der Waals surface area (Å²) in [7, 11) is 0. The molecule has 0 atom stereocenters. The number of nitrogens with two attached hydrogens (primary N) is 2. The Bertz CT molecular complexity index is 899. The van der Waals surface area contributed by atoms with E-state index in [0.29, 0.717) is 17.1 Å². The fraction of sp³-hybridized carbons (Fsp3) is 0.263. The Hall–Kier alpha value is -3.49. The molecule has 1 saturated heterocycles. The maximum atomic E-state index is 14.8. The number of halogens is 1. The Labute approximate surface area is 161 Å². The van der Waals surface area contributed by atoms with Gasteiger partial charge in [-0.3, -0.25) is 0 Å². The SMILES string of the molecule is C=C1CCN(c2ncc(-c3cccc(COC(=O)N=C(N)N)c3F)cn2)CC1. The van der Waals surface area contributed by atoms with E-state index in [-0.39, 0.29) is 12.2 Å². The van der Waals surface area contributed by atoms with Gasteiger partial charge in [0.2, 0.25) is 5.95 Å². The molecule has 0 radical (unpaired) electrons. The number of carbonyl (C=O) groups excluding carboxylic acids is 1. The van der Waals surface area contributed by atoms with Crippen LogP contribution < -0.4 is 16.4 Å². The molecule has 0 aliphatic carbocycles. The van der Waals surface area contributed by atoms with E-state index < -0.39 is 17.9 Å². The molecule has 0 bridgehead atoms. The monoisotopic (exact) mass is 384 g/mol. The smallest absolute Gasteiger partial charge is 0.437 e. The van der Waals surface area contributed by atoms with Crippen LogP contribution in [0.2, 0.25) is 0 Å². The van der Waals surface area contributed by atoms with Crippen LogP contribution >= 0.6 is 0 Å². The maximum Gasteiger partial charge on any atom is 0.437 e. The molecule has 1 aromatic heterocycles. The predicted octanol–water partition coefficient (Wildman–Crippen LogP) is 2.35. The third kappa shape index (κ3) is 4.61. The van der Waals surface area contributed by atoms with Crippen LogP contribution in [0.4, 0.5) is 15.1 Å². The van der Waals surface area contributed by atoms with Gasteiger partial charge in [-0.2, -0.15) is 0 Å². The van der Waals surface area contributed by atoms with E-state index in [1.54, 1.807) is 24.5 Å². The molecule has 0 spiro atoms. The third-order valence-corrected chi connectivity index (χ3v) is 4.35. The summed E-state index contributed by atoms with van der Waals surface area (Å²) >= 11 is 0. The minimum absolute atomic E-state index is 0.190. The number of benzene rings is 1. The molecule has 1 aliphatic heterocycles. The molecule has 3 rings (SSSR count). The number of nitrogens with zero attached hydrogens (tertiary/aromatic N) is 4. The number of aromatic nitrogens is 2. The number of carbonyl (C=O) groups is 1. The quantitative estimate of drug-likeness (QED) is 0.472. The van der Waals surface area contributed by atoms with Crippen molar-refractivity contribution >= 4 is 18.0 Å². The maximum absolute atomic E-state index is 14.8. The summed E-state index contributed by atoms with van der Waals surface area (Å²) in [5.74, 6) is -0.334. The molecule has 2 heterocycles. The Balaban J connectivity index is 1.74. The molecule has 1 amide bonds. The zero-order valence-corrected chi connectivity index (χ0v) is 15.3. The summed E-state index contributed by atoms with van der Waals surface area (Å²) in [6.07, 6.45) is 4.01. The normalized spacial score (nSPS) is 13.9. The fourth-order valence-corrected chi connectivity index (χ4v) is 2.84. The van der Waals surface area contributed by atoms with E-state index in [1.807, 2.05) is 0 Å². The average Bonchev–Trinajstić information content (AvgIpc) is 2.67. The van der Waals surface area contributed by atoms with Crippen LogP contribution in [0, 0.1) is 5.82 Å². The number of aliphatic imine (C=N–C) groups is 1. The van der Waals surface area contributed by atoms with Gasteiger partial charge in [0.1, 0.15) is 12.4 Å². The van der Waals surface area contributed by atoms with Gasteiger partial charge in [-0.1, -0.05) is 30.4 Å². The minimum atomic E-state index is -0.985. The van der Waals surface area contributed by atoms with Crippen molar-refractivity contribution < 1.29 is 13.9 Å². The highest BCUT2D eigenvalue weighted by Gasteiger charge is 2.17. The first-order valence-corrected chi connectivity index (χ1v) is 8.72. The summed E-state index contributed by atoms with van der Waals surface area (Å²) in [6, 6.07) is 4.78. The number of anilines is 1.